The third-order valence-electron chi connectivity index (χ3n) is 3.38. The highest BCUT2D eigenvalue weighted by molar-refractivity contribution is 9.10. The highest BCUT2D eigenvalue weighted by atomic mass is 79.9. The van der Waals surface area contributed by atoms with Gasteiger partial charge in [-0.3, -0.25) is 9.48 Å². The van der Waals surface area contributed by atoms with Gasteiger partial charge in [-0.1, -0.05) is 18.6 Å². The summed E-state index contributed by atoms with van der Waals surface area (Å²) in [5.41, 5.74) is 3.63. The maximum Gasteiger partial charge on any atom is 0.163 e. The molecule has 2 aromatic rings. The predicted octanol–water partition coefficient (Wildman–Crippen LogP) is 3.84. The van der Waals surface area contributed by atoms with E-state index < -0.39 is 0 Å². The van der Waals surface area contributed by atoms with E-state index in [1.54, 1.807) is 6.92 Å². The van der Waals surface area contributed by atoms with Crippen LogP contribution >= 0.6 is 15.9 Å². The molecule has 4 nitrogen and oxygen atoms in total. The van der Waals surface area contributed by atoms with Gasteiger partial charge in [0.1, 0.15) is 12.4 Å². The van der Waals surface area contributed by atoms with Gasteiger partial charge in [0, 0.05) is 7.05 Å². The lowest BCUT2D eigenvalue weighted by Crippen LogP contribution is -2.06. The smallest absolute Gasteiger partial charge is 0.163 e. The van der Waals surface area contributed by atoms with E-state index in [-0.39, 0.29) is 5.78 Å². The van der Waals surface area contributed by atoms with Crippen LogP contribution < -0.4 is 4.74 Å². The van der Waals surface area contributed by atoms with Gasteiger partial charge in [-0.05, 0) is 48.3 Å². The van der Waals surface area contributed by atoms with Gasteiger partial charge in [-0.15, -0.1) is 0 Å². The number of benzene rings is 1. The number of carbonyl (C=O) groups excluding carboxylic acids is 1. The molecule has 0 radical (unpaired) electrons. The fourth-order valence-corrected chi connectivity index (χ4v) is 2.90. The molecule has 0 spiro atoms. The molecule has 2 rings (SSSR count). The van der Waals surface area contributed by atoms with E-state index in [4.69, 9.17) is 4.74 Å². The summed E-state index contributed by atoms with van der Waals surface area (Å²) in [5, 5.41) is 4.44. The van der Waals surface area contributed by atoms with Gasteiger partial charge in [0.05, 0.1) is 21.4 Å². The number of carbonyl (C=O) groups is 1. The summed E-state index contributed by atoms with van der Waals surface area (Å²) in [6, 6.07) is 5.64. The van der Waals surface area contributed by atoms with E-state index in [9.17, 15) is 4.79 Å². The lowest BCUT2D eigenvalue weighted by Gasteiger charge is -2.11. The van der Waals surface area contributed by atoms with E-state index >= 15 is 0 Å². The van der Waals surface area contributed by atoms with Crippen LogP contribution in [-0.2, 0) is 20.1 Å². The molecule has 21 heavy (non-hydrogen) atoms. The molecule has 5 heteroatoms. The van der Waals surface area contributed by atoms with Crippen molar-refractivity contribution in [3.63, 3.8) is 0 Å². The summed E-state index contributed by atoms with van der Waals surface area (Å²) < 4.78 is 8.63. The van der Waals surface area contributed by atoms with Crippen LogP contribution in [0.25, 0.3) is 0 Å². The zero-order valence-corrected chi connectivity index (χ0v) is 14.3. The van der Waals surface area contributed by atoms with Crippen molar-refractivity contribution in [2.45, 2.75) is 33.8 Å². The molecule has 0 saturated heterocycles. The normalized spacial score (nSPS) is 10.7. The van der Waals surface area contributed by atoms with Gasteiger partial charge >= 0.3 is 0 Å². The third kappa shape index (κ3) is 3.35. The molecule has 0 atom stereocenters. The van der Waals surface area contributed by atoms with Crippen molar-refractivity contribution in [1.82, 2.24) is 9.78 Å². The highest BCUT2D eigenvalue weighted by Gasteiger charge is 2.15. The Kier molecular flexibility index (Phi) is 4.83. The molecule has 0 amide bonds. The molecule has 1 heterocycles. The number of aromatic nitrogens is 2. The average Bonchev–Trinajstić information content (AvgIpc) is 2.72. The van der Waals surface area contributed by atoms with Crippen molar-refractivity contribution in [1.29, 1.82) is 0 Å². The first-order chi connectivity index (χ1) is 9.93. The molecule has 0 N–H and O–H groups in total. The predicted molar refractivity (Wildman–Crippen MR) is 85.8 cm³/mol. The molecule has 0 aliphatic rings. The van der Waals surface area contributed by atoms with Crippen molar-refractivity contribution in [3.05, 3.63) is 45.2 Å². The molecule has 0 unspecified atom stereocenters. The number of Topliss-reactive ketones (excluding diaryl/α,β-unsaturated/α-hetero) is 1. The summed E-state index contributed by atoms with van der Waals surface area (Å²) in [6.45, 7) is 5.94. The second-order valence-electron chi connectivity index (χ2n) is 5.03. The van der Waals surface area contributed by atoms with Gasteiger partial charge in [0.25, 0.3) is 0 Å². The maximum atomic E-state index is 11.7. The Bertz CT molecular complexity index is 677. The Labute approximate surface area is 133 Å². The molecule has 0 fully saturated rings. The number of hydrogen-bond donors (Lipinski definition) is 0. The van der Waals surface area contributed by atoms with Crippen molar-refractivity contribution in [3.8, 4) is 5.75 Å². The summed E-state index contributed by atoms with van der Waals surface area (Å²) in [6.07, 6.45) is 0.859. The standard InChI is InChI=1S/C16H19BrN2O2/c1-5-13-16(17)14(19(4)18-13)9-21-15-7-6-10(2)8-12(15)11(3)20/h6-8H,5,9H2,1-4H3. The molecule has 1 aromatic heterocycles. The van der Waals surface area contributed by atoms with Crippen molar-refractivity contribution in [2.24, 2.45) is 7.05 Å². The van der Waals surface area contributed by atoms with Crippen LogP contribution in [0.2, 0.25) is 0 Å². The SMILES string of the molecule is CCc1nn(C)c(COc2ccc(C)cc2C(C)=O)c1Br. The van der Waals surface area contributed by atoms with Crippen LogP contribution in [0, 0.1) is 6.92 Å². The number of ether oxygens (including phenoxy) is 1. The summed E-state index contributed by atoms with van der Waals surface area (Å²) in [4.78, 5) is 11.7. The number of rotatable bonds is 5. The molecule has 0 saturated carbocycles. The quantitative estimate of drug-likeness (QED) is 0.769. The molecule has 112 valence electrons. The van der Waals surface area contributed by atoms with E-state index in [2.05, 4.69) is 28.0 Å². The molecule has 1 aromatic carbocycles. The number of aryl methyl sites for hydroxylation is 3. The van der Waals surface area contributed by atoms with Gasteiger partial charge in [-0.25, -0.2) is 0 Å². The summed E-state index contributed by atoms with van der Waals surface area (Å²) in [7, 11) is 1.89. The van der Waals surface area contributed by atoms with Crippen LogP contribution in [0.4, 0.5) is 0 Å². The van der Waals surface area contributed by atoms with Crippen molar-refractivity contribution >= 4 is 21.7 Å². The zero-order chi connectivity index (χ0) is 15.6. The Balaban J connectivity index is 2.25. The largest absolute Gasteiger partial charge is 0.487 e. The summed E-state index contributed by atoms with van der Waals surface area (Å²) >= 11 is 3.56. The van der Waals surface area contributed by atoms with Crippen LogP contribution in [0.15, 0.2) is 22.7 Å². The Morgan fingerprint density at radius 1 is 1.43 bits per heavy atom. The van der Waals surface area contributed by atoms with Gasteiger partial charge in [-0.2, -0.15) is 5.10 Å². The van der Waals surface area contributed by atoms with Crippen LogP contribution in [0.3, 0.4) is 0 Å². The molecular weight excluding hydrogens is 332 g/mol. The van der Waals surface area contributed by atoms with Crippen molar-refractivity contribution < 1.29 is 9.53 Å². The molecular formula is C16H19BrN2O2. The highest BCUT2D eigenvalue weighted by Crippen LogP contribution is 2.25. The number of ketones is 1. The zero-order valence-electron chi connectivity index (χ0n) is 12.7. The Hall–Kier alpha value is -1.62. The first-order valence-electron chi connectivity index (χ1n) is 6.88. The lowest BCUT2D eigenvalue weighted by atomic mass is 10.1. The minimum atomic E-state index is 0.00650. The molecule has 0 aliphatic heterocycles. The first-order valence-corrected chi connectivity index (χ1v) is 7.68. The van der Waals surface area contributed by atoms with Gasteiger partial charge in [0.15, 0.2) is 5.78 Å². The number of hydrogen-bond acceptors (Lipinski definition) is 3. The third-order valence-corrected chi connectivity index (χ3v) is 4.30. The minimum absolute atomic E-state index is 0.00650. The number of nitrogens with zero attached hydrogens (tertiary/aromatic N) is 2. The van der Waals surface area contributed by atoms with Gasteiger partial charge in [0.2, 0.25) is 0 Å². The van der Waals surface area contributed by atoms with E-state index in [1.807, 2.05) is 36.9 Å². The van der Waals surface area contributed by atoms with Crippen molar-refractivity contribution in [2.75, 3.05) is 0 Å². The fourth-order valence-electron chi connectivity index (χ4n) is 2.17. The van der Waals surface area contributed by atoms with Crippen LogP contribution in [0.1, 0.15) is 41.2 Å². The second-order valence-corrected chi connectivity index (χ2v) is 5.82. The first kappa shape index (κ1) is 15.8. The van der Waals surface area contributed by atoms with Gasteiger partial charge < -0.3 is 4.74 Å². The maximum absolute atomic E-state index is 11.7. The minimum Gasteiger partial charge on any atom is -0.487 e. The van der Waals surface area contributed by atoms with E-state index in [1.165, 1.54) is 0 Å². The van der Waals surface area contributed by atoms with E-state index in [0.717, 1.165) is 27.8 Å². The average molecular weight is 351 g/mol. The second kappa shape index (κ2) is 6.43. The number of halogens is 1. The van der Waals surface area contributed by atoms with Crippen LogP contribution in [-0.4, -0.2) is 15.6 Å². The Morgan fingerprint density at radius 2 is 2.14 bits per heavy atom. The molecule has 0 aliphatic carbocycles. The monoisotopic (exact) mass is 350 g/mol. The van der Waals surface area contributed by atoms with Crippen LogP contribution in [0.5, 0.6) is 5.75 Å². The Morgan fingerprint density at radius 3 is 2.71 bits per heavy atom. The topological polar surface area (TPSA) is 44.1 Å². The van der Waals surface area contributed by atoms with E-state index in [0.29, 0.717) is 17.9 Å². The lowest BCUT2D eigenvalue weighted by molar-refractivity contribution is 0.101. The summed E-state index contributed by atoms with van der Waals surface area (Å²) in [5.74, 6) is 0.617. The fraction of sp³-hybridized carbons (Fsp3) is 0.375. The molecule has 0 bridgehead atoms.